The quantitative estimate of drug-likeness (QED) is 0.714. The molecule has 3 N–H and O–H groups in total. The number of aryl methyl sites for hydroxylation is 2. The van der Waals surface area contributed by atoms with E-state index in [0.717, 1.165) is 37.5 Å². The number of aromatic amines is 1. The fourth-order valence-corrected chi connectivity index (χ4v) is 1.31. The number of nitrogens with one attached hydrogen (secondary N) is 1. The van der Waals surface area contributed by atoms with Gasteiger partial charge < -0.3 is 5.73 Å². The van der Waals surface area contributed by atoms with Gasteiger partial charge in [-0.2, -0.15) is 5.10 Å². The Morgan fingerprint density at radius 2 is 2.23 bits per heavy atom. The molecule has 0 amide bonds. The van der Waals surface area contributed by atoms with Crippen molar-refractivity contribution in [2.75, 3.05) is 6.54 Å². The molecule has 0 bridgehead atoms. The van der Waals surface area contributed by atoms with Gasteiger partial charge in [0.05, 0.1) is 0 Å². The Labute approximate surface area is 78.9 Å². The molecule has 0 radical (unpaired) electrons. The van der Waals surface area contributed by atoms with E-state index in [2.05, 4.69) is 22.1 Å². The van der Waals surface area contributed by atoms with Gasteiger partial charge in [0.1, 0.15) is 5.82 Å². The molecule has 4 nitrogen and oxygen atoms in total. The van der Waals surface area contributed by atoms with E-state index in [1.807, 2.05) is 6.92 Å². The van der Waals surface area contributed by atoms with Crippen molar-refractivity contribution in [2.24, 2.45) is 11.7 Å². The minimum Gasteiger partial charge on any atom is -0.330 e. The molecule has 74 valence electrons. The highest BCUT2D eigenvalue weighted by molar-refractivity contribution is 4.87. The van der Waals surface area contributed by atoms with Crippen molar-refractivity contribution in [3.63, 3.8) is 0 Å². The first-order chi connectivity index (χ1) is 6.22. The molecule has 0 saturated carbocycles. The van der Waals surface area contributed by atoms with Crippen molar-refractivity contribution in [1.29, 1.82) is 0 Å². The van der Waals surface area contributed by atoms with Crippen molar-refractivity contribution in [3.05, 3.63) is 11.6 Å². The molecule has 1 heterocycles. The predicted octanol–water partition coefficient (Wildman–Crippen LogP) is 1.03. The van der Waals surface area contributed by atoms with Crippen LogP contribution < -0.4 is 5.73 Å². The molecule has 1 aromatic rings. The molecule has 0 aliphatic rings. The second-order valence-corrected chi connectivity index (χ2v) is 3.56. The van der Waals surface area contributed by atoms with Crippen LogP contribution in [0.15, 0.2) is 0 Å². The van der Waals surface area contributed by atoms with Crippen LogP contribution in [0, 0.1) is 12.8 Å². The first kappa shape index (κ1) is 10.2. The lowest BCUT2D eigenvalue weighted by Crippen LogP contribution is -2.06. The van der Waals surface area contributed by atoms with Crippen LogP contribution in [-0.2, 0) is 6.42 Å². The third-order valence-corrected chi connectivity index (χ3v) is 2.16. The van der Waals surface area contributed by atoms with Crippen molar-refractivity contribution in [2.45, 2.75) is 33.1 Å². The summed E-state index contributed by atoms with van der Waals surface area (Å²) in [7, 11) is 0. The summed E-state index contributed by atoms with van der Waals surface area (Å²) in [5.74, 6) is 2.48. The molecule has 1 unspecified atom stereocenters. The van der Waals surface area contributed by atoms with E-state index in [0.29, 0.717) is 5.92 Å². The van der Waals surface area contributed by atoms with Crippen molar-refractivity contribution < 1.29 is 0 Å². The van der Waals surface area contributed by atoms with Gasteiger partial charge in [0, 0.05) is 6.42 Å². The summed E-state index contributed by atoms with van der Waals surface area (Å²) in [6, 6.07) is 0. The normalized spacial score (nSPS) is 13.2. The van der Waals surface area contributed by atoms with E-state index < -0.39 is 0 Å². The van der Waals surface area contributed by atoms with E-state index in [-0.39, 0.29) is 0 Å². The molecule has 0 spiro atoms. The minimum absolute atomic E-state index is 0.670. The van der Waals surface area contributed by atoms with Crippen LogP contribution in [0.1, 0.15) is 31.4 Å². The van der Waals surface area contributed by atoms with E-state index in [1.165, 1.54) is 0 Å². The molecular formula is C9H18N4. The number of H-pyrrole nitrogens is 1. The van der Waals surface area contributed by atoms with Gasteiger partial charge in [0.2, 0.25) is 0 Å². The zero-order valence-electron chi connectivity index (χ0n) is 8.38. The predicted molar refractivity (Wildman–Crippen MR) is 52.3 cm³/mol. The second kappa shape index (κ2) is 4.97. The first-order valence-electron chi connectivity index (χ1n) is 4.80. The summed E-state index contributed by atoms with van der Waals surface area (Å²) < 4.78 is 0. The number of nitrogens with two attached hydrogens (primary N) is 1. The lowest BCUT2D eigenvalue weighted by Gasteiger charge is -2.06. The summed E-state index contributed by atoms with van der Waals surface area (Å²) in [5.41, 5.74) is 5.47. The van der Waals surface area contributed by atoms with Crippen LogP contribution in [-0.4, -0.2) is 21.7 Å². The Kier molecular flexibility index (Phi) is 3.89. The van der Waals surface area contributed by atoms with E-state index in [1.54, 1.807) is 0 Å². The van der Waals surface area contributed by atoms with E-state index >= 15 is 0 Å². The van der Waals surface area contributed by atoms with Gasteiger partial charge in [-0.25, -0.2) is 4.98 Å². The maximum Gasteiger partial charge on any atom is 0.150 e. The molecule has 4 heteroatoms. The van der Waals surface area contributed by atoms with Crippen molar-refractivity contribution in [3.8, 4) is 0 Å². The number of hydrogen-bond donors (Lipinski definition) is 2. The fourth-order valence-electron chi connectivity index (χ4n) is 1.31. The van der Waals surface area contributed by atoms with Gasteiger partial charge in [0.25, 0.3) is 0 Å². The Bertz CT molecular complexity index is 244. The maximum absolute atomic E-state index is 5.47. The molecule has 0 fully saturated rings. The summed E-state index contributed by atoms with van der Waals surface area (Å²) in [4.78, 5) is 4.24. The summed E-state index contributed by atoms with van der Waals surface area (Å²) in [6.07, 6.45) is 3.16. The highest BCUT2D eigenvalue weighted by atomic mass is 15.2. The van der Waals surface area contributed by atoms with Gasteiger partial charge in [-0.3, -0.25) is 5.10 Å². The third kappa shape index (κ3) is 3.55. The SMILES string of the molecule is Cc1nc(CCC(C)CCN)n[nH]1. The summed E-state index contributed by atoms with van der Waals surface area (Å²) in [5, 5.41) is 6.92. The number of nitrogens with zero attached hydrogens (tertiary/aromatic N) is 2. The van der Waals surface area contributed by atoms with Crippen LogP contribution in [0.2, 0.25) is 0 Å². The van der Waals surface area contributed by atoms with Gasteiger partial charge in [-0.15, -0.1) is 0 Å². The van der Waals surface area contributed by atoms with Crippen LogP contribution in [0.5, 0.6) is 0 Å². The average Bonchev–Trinajstić information content (AvgIpc) is 2.49. The zero-order chi connectivity index (χ0) is 9.68. The highest BCUT2D eigenvalue weighted by Gasteiger charge is 2.04. The topological polar surface area (TPSA) is 67.6 Å². The summed E-state index contributed by atoms with van der Waals surface area (Å²) >= 11 is 0. The molecule has 0 aromatic carbocycles. The fraction of sp³-hybridized carbons (Fsp3) is 0.778. The molecule has 1 atom stereocenters. The standard InChI is InChI=1S/C9H18N4/c1-7(5-6-10)3-4-9-11-8(2)12-13-9/h7H,3-6,10H2,1-2H3,(H,11,12,13). The molecule has 0 aliphatic carbocycles. The average molecular weight is 182 g/mol. The van der Waals surface area contributed by atoms with Crippen LogP contribution >= 0.6 is 0 Å². The first-order valence-corrected chi connectivity index (χ1v) is 4.80. The zero-order valence-corrected chi connectivity index (χ0v) is 8.38. The molecule has 0 aliphatic heterocycles. The monoisotopic (exact) mass is 182 g/mol. The van der Waals surface area contributed by atoms with Crippen LogP contribution in [0.4, 0.5) is 0 Å². The summed E-state index contributed by atoms with van der Waals surface area (Å²) in [6.45, 7) is 4.90. The Balaban J connectivity index is 2.26. The molecule has 1 rings (SSSR count). The number of aromatic nitrogens is 3. The molecule has 13 heavy (non-hydrogen) atoms. The van der Waals surface area contributed by atoms with Gasteiger partial charge in [-0.1, -0.05) is 6.92 Å². The molecule has 1 aromatic heterocycles. The largest absolute Gasteiger partial charge is 0.330 e. The third-order valence-electron chi connectivity index (χ3n) is 2.16. The maximum atomic E-state index is 5.47. The van der Waals surface area contributed by atoms with E-state index in [4.69, 9.17) is 5.73 Å². The van der Waals surface area contributed by atoms with E-state index in [9.17, 15) is 0 Å². The Morgan fingerprint density at radius 3 is 2.77 bits per heavy atom. The highest BCUT2D eigenvalue weighted by Crippen LogP contribution is 2.09. The molecule has 0 saturated heterocycles. The van der Waals surface area contributed by atoms with Crippen molar-refractivity contribution in [1.82, 2.24) is 15.2 Å². The number of hydrogen-bond acceptors (Lipinski definition) is 3. The van der Waals surface area contributed by atoms with Gasteiger partial charge in [-0.05, 0) is 32.2 Å². The van der Waals surface area contributed by atoms with Gasteiger partial charge in [0.15, 0.2) is 5.82 Å². The van der Waals surface area contributed by atoms with Crippen LogP contribution in [0.3, 0.4) is 0 Å². The lowest BCUT2D eigenvalue weighted by molar-refractivity contribution is 0.494. The van der Waals surface area contributed by atoms with Crippen LogP contribution in [0.25, 0.3) is 0 Å². The second-order valence-electron chi connectivity index (χ2n) is 3.56. The Hall–Kier alpha value is -0.900. The minimum atomic E-state index is 0.670. The smallest absolute Gasteiger partial charge is 0.150 e. The molecular weight excluding hydrogens is 164 g/mol. The lowest BCUT2D eigenvalue weighted by atomic mass is 10.0. The van der Waals surface area contributed by atoms with Gasteiger partial charge >= 0.3 is 0 Å². The Morgan fingerprint density at radius 1 is 1.46 bits per heavy atom. The van der Waals surface area contributed by atoms with Crippen molar-refractivity contribution >= 4 is 0 Å². The number of rotatable bonds is 5.